The number of fused-ring (bicyclic) bond motifs is 1. The first kappa shape index (κ1) is 12.7. The molecular weight excluding hydrogens is 252 g/mol. The van der Waals surface area contributed by atoms with E-state index < -0.39 is 6.10 Å². The lowest BCUT2D eigenvalue weighted by Gasteiger charge is -2.15. The highest BCUT2D eigenvalue weighted by atomic mass is 16.5. The second-order valence-corrected chi connectivity index (χ2v) is 4.64. The van der Waals surface area contributed by atoms with Crippen LogP contribution in [0.15, 0.2) is 54.7 Å². The van der Waals surface area contributed by atoms with Crippen LogP contribution in [0.25, 0.3) is 10.9 Å². The molecule has 0 spiro atoms. The van der Waals surface area contributed by atoms with Gasteiger partial charge >= 0.3 is 0 Å². The van der Waals surface area contributed by atoms with Gasteiger partial charge in [-0.2, -0.15) is 5.10 Å². The summed E-state index contributed by atoms with van der Waals surface area (Å²) in [5.74, 6) is 0.691. The summed E-state index contributed by atoms with van der Waals surface area (Å²) >= 11 is 0. The van der Waals surface area contributed by atoms with Crippen LogP contribution >= 0.6 is 0 Å². The molecule has 1 heterocycles. The van der Waals surface area contributed by atoms with E-state index in [0.717, 1.165) is 16.5 Å². The van der Waals surface area contributed by atoms with E-state index in [4.69, 9.17) is 4.74 Å². The van der Waals surface area contributed by atoms with Gasteiger partial charge in [0.25, 0.3) is 0 Å². The minimum absolute atomic E-state index is 0.397. The number of hydrogen-bond donors (Lipinski definition) is 1. The van der Waals surface area contributed by atoms with Crippen LogP contribution < -0.4 is 4.74 Å². The number of rotatable bonds is 4. The predicted molar refractivity (Wildman–Crippen MR) is 77.7 cm³/mol. The lowest BCUT2D eigenvalue weighted by molar-refractivity contribution is 0.149. The lowest BCUT2D eigenvalue weighted by Crippen LogP contribution is -2.10. The van der Waals surface area contributed by atoms with E-state index in [9.17, 15) is 5.11 Å². The molecule has 2 aromatic carbocycles. The Morgan fingerprint density at radius 3 is 2.75 bits per heavy atom. The number of para-hydroxylation sites is 2. The van der Waals surface area contributed by atoms with Gasteiger partial charge in [0, 0.05) is 10.9 Å². The summed E-state index contributed by atoms with van der Waals surface area (Å²) in [6.45, 7) is 0.397. The molecule has 0 fully saturated rings. The van der Waals surface area contributed by atoms with Crippen LogP contribution in [-0.2, 0) is 6.54 Å². The maximum Gasteiger partial charge on any atom is 0.124 e. The third-order valence-electron chi connectivity index (χ3n) is 3.39. The third kappa shape index (κ3) is 2.26. The fourth-order valence-electron chi connectivity index (χ4n) is 2.38. The maximum atomic E-state index is 10.4. The summed E-state index contributed by atoms with van der Waals surface area (Å²) in [5.41, 5.74) is 1.79. The normalized spacial score (nSPS) is 12.5. The Kier molecular flexibility index (Phi) is 3.39. The summed E-state index contributed by atoms with van der Waals surface area (Å²) in [6.07, 6.45) is 1.15. The van der Waals surface area contributed by atoms with Crippen molar-refractivity contribution < 1.29 is 9.84 Å². The van der Waals surface area contributed by atoms with Crippen LogP contribution in [-0.4, -0.2) is 22.0 Å². The molecular formula is C16H16N2O2. The molecule has 4 heteroatoms. The molecule has 0 amide bonds. The molecule has 1 atom stereocenters. The van der Waals surface area contributed by atoms with Gasteiger partial charge in [0.1, 0.15) is 11.9 Å². The van der Waals surface area contributed by atoms with Crippen LogP contribution in [0.1, 0.15) is 11.7 Å². The fourth-order valence-corrected chi connectivity index (χ4v) is 2.38. The molecule has 20 heavy (non-hydrogen) atoms. The predicted octanol–water partition coefficient (Wildman–Crippen LogP) is 2.78. The number of hydrogen-bond acceptors (Lipinski definition) is 3. The molecule has 102 valence electrons. The zero-order valence-corrected chi connectivity index (χ0v) is 11.2. The van der Waals surface area contributed by atoms with E-state index in [1.54, 1.807) is 7.11 Å². The summed E-state index contributed by atoms with van der Waals surface area (Å²) in [4.78, 5) is 0. The smallest absolute Gasteiger partial charge is 0.124 e. The first-order valence-electron chi connectivity index (χ1n) is 6.51. The van der Waals surface area contributed by atoms with E-state index in [-0.39, 0.29) is 0 Å². The first-order chi connectivity index (χ1) is 9.79. The highest BCUT2D eigenvalue weighted by Crippen LogP contribution is 2.26. The summed E-state index contributed by atoms with van der Waals surface area (Å²) in [6, 6.07) is 15.4. The minimum Gasteiger partial charge on any atom is -0.496 e. The Balaban J connectivity index is 1.90. The van der Waals surface area contributed by atoms with E-state index in [1.807, 2.05) is 59.4 Å². The monoisotopic (exact) mass is 268 g/mol. The molecule has 3 aromatic rings. The van der Waals surface area contributed by atoms with E-state index in [1.165, 1.54) is 0 Å². The third-order valence-corrected chi connectivity index (χ3v) is 3.39. The van der Waals surface area contributed by atoms with E-state index in [0.29, 0.717) is 12.3 Å². The highest BCUT2D eigenvalue weighted by molar-refractivity contribution is 5.78. The quantitative estimate of drug-likeness (QED) is 0.791. The van der Waals surface area contributed by atoms with Crippen molar-refractivity contribution in [2.24, 2.45) is 0 Å². The zero-order chi connectivity index (χ0) is 13.9. The van der Waals surface area contributed by atoms with Crippen molar-refractivity contribution in [1.29, 1.82) is 0 Å². The molecule has 1 N–H and O–H groups in total. The Morgan fingerprint density at radius 2 is 1.90 bits per heavy atom. The largest absolute Gasteiger partial charge is 0.496 e. The molecule has 0 aliphatic heterocycles. The average molecular weight is 268 g/mol. The van der Waals surface area contributed by atoms with Crippen molar-refractivity contribution in [3.8, 4) is 5.75 Å². The molecule has 0 bridgehead atoms. The number of benzene rings is 2. The van der Waals surface area contributed by atoms with Crippen LogP contribution in [0, 0.1) is 0 Å². The van der Waals surface area contributed by atoms with Crippen molar-refractivity contribution in [2.75, 3.05) is 7.11 Å². The molecule has 4 nitrogen and oxygen atoms in total. The van der Waals surface area contributed by atoms with Crippen LogP contribution in [0.4, 0.5) is 0 Å². The number of nitrogens with zero attached hydrogens (tertiary/aromatic N) is 2. The van der Waals surface area contributed by atoms with Crippen LogP contribution in [0.3, 0.4) is 0 Å². The van der Waals surface area contributed by atoms with Gasteiger partial charge in [-0.15, -0.1) is 0 Å². The second-order valence-electron chi connectivity index (χ2n) is 4.64. The van der Waals surface area contributed by atoms with Gasteiger partial charge in [0.15, 0.2) is 0 Å². The van der Waals surface area contributed by atoms with Gasteiger partial charge in [-0.25, -0.2) is 0 Å². The Hall–Kier alpha value is -2.33. The number of aromatic nitrogens is 2. The van der Waals surface area contributed by atoms with E-state index >= 15 is 0 Å². The second kappa shape index (κ2) is 5.35. The molecule has 1 unspecified atom stereocenters. The van der Waals surface area contributed by atoms with Crippen molar-refractivity contribution in [1.82, 2.24) is 9.78 Å². The zero-order valence-electron chi connectivity index (χ0n) is 11.2. The maximum absolute atomic E-state index is 10.4. The molecule has 0 aliphatic carbocycles. The topological polar surface area (TPSA) is 47.3 Å². The van der Waals surface area contributed by atoms with Crippen molar-refractivity contribution in [2.45, 2.75) is 12.6 Å². The fraction of sp³-hybridized carbons (Fsp3) is 0.188. The number of aliphatic hydroxyl groups is 1. The average Bonchev–Trinajstić information content (AvgIpc) is 2.90. The summed E-state index contributed by atoms with van der Waals surface area (Å²) < 4.78 is 7.10. The molecule has 0 saturated heterocycles. The molecule has 0 saturated carbocycles. The van der Waals surface area contributed by atoms with Crippen molar-refractivity contribution in [3.05, 3.63) is 60.3 Å². The molecule has 0 aliphatic rings. The molecule has 1 aromatic heterocycles. The number of aliphatic hydroxyl groups excluding tert-OH is 1. The van der Waals surface area contributed by atoms with Gasteiger partial charge in [-0.1, -0.05) is 36.4 Å². The number of methoxy groups -OCH3 is 1. The Morgan fingerprint density at radius 1 is 1.15 bits per heavy atom. The molecule has 0 radical (unpaired) electrons. The SMILES string of the molecule is COc1ccccc1C(O)Cn1ncc2ccccc21. The first-order valence-corrected chi connectivity index (χ1v) is 6.51. The Bertz CT molecular complexity index is 721. The minimum atomic E-state index is -0.658. The standard InChI is InChI=1S/C16H16N2O2/c1-20-16-9-5-3-7-13(16)15(19)11-18-14-8-4-2-6-12(14)10-17-18/h2-10,15,19H,11H2,1H3. The lowest BCUT2D eigenvalue weighted by atomic mass is 10.1. The van der Waals surface area contributed by atoms with Crippen LogP contribution in [0.5, 0.6) is 5.75 Å². The van der Waals surface area contributed by atoms with Gasteiger partial charge in [0.2, 0.25) is 0 Å². The summed E-state index contributed by atoms with van der Waals surface area (Å²) in [7, 11) is 1.61. The molecule has 3 rings (SSSR count). The number of ether oxygens (including phenoxy) is 1. The van der Waals surface area contributed by atoms with E-state index in [2.05, 4.69) is 5.10 Å². The summed E-state index contributed by atoms with van der Waals surface area (Å²) in [5, 5.41) is 15.8. The van der Waals surface area contributed by atoms with Gasteiger partial charge < -0.3 is 9.84 Å². The highest BCUT2D eigenvalue weighted by Gasteiger charge is 2.14. The van der Waals surface area contributed by atoms with Crippen LogP contribution in [0.2, 0.25) is 0 Å². The van der Waals surface area contributed by atoms with Crippen molar-refractivity contribution >= 4 is 10.9 Å². The van der Waals surface area contributed by atoms with Gasteiger partial charge in [-0.05, 0) is 12.1 Å². The van der Waals surface area contributed by atoms with Gasteiger partial charge in [-0.3, -0.25) is 4.68 Å². The van der Waals surface area contributed by atoms with Crippen molar-refractivity contribution in [3.63, 3.8) is 0 Å². The van der Waals surface area contributed by atoms with Gasteiger partial charge in [0.05, 0.1) is 25.4 Å². The Labute approximate surface area is 117 Å².